The van der Waals surface area contributed by atoms with E-state index in [0.29, 0.717) is 5.88 Å². The van der Waals surface area contributed by atoms with Crippen molar-refractivity contribution < 1.29 is 26.8 Å². The van der Waals surface area contributed by atoms with Crippen LogP contribution in [0.3, 0.4) is 0 Å². The molecule has 110 valence electrons. The minimum atomic E-state index is -4.92. The van der Waals surface area contributed by atoms with Crippen molar-refractivity contribution in [3.8, 4) is 0 Å². The van der Waals surface area contributed by atoms with Crippen molar-refractivity contribution in [2.24, 2.45) is 0 Å². The van der Waals surface area contributed by atoms with E-state index >= 15 is 0 Å². The van der Waals surface area contributed by atoms with Crippen LogP contribution < -0.4 is 15.5 Å². The predicted molar refractivity (Wildman–Crippen MR) is 67.9 cm³/mol. The van der Waals surface area contributed by atoms with E-state index in [2.05, 4.69) is 24.1 Å². The summed E-state index contributed by atoms with van der Waals surface area (Å²) in [5, 5.41) is 6.04. The number of nitrogen functional groups attached to an aromatic ring is 1. The van der Waals surface area contributed by atoms with E-state index in [1.54, 1.807) is 11.0 Å². The predicted octanol–water partition coefficient (Wildman–Crippen LogP) is -0.988. The van der Waals surface area contributed by atoms with Crippen LogP contribution in [0.15, 0.2) is 10.7 Å². The molecule has 2 heterocycles. The lowest BCUT2D eigenvalue weighted by molar-refractivity contribution is -0.764. The maximum Gasteiger partial charge on any atom is 0.296 e. The fraction of sp³-hybridized carbons (Fsp3) is 0.750. The minimum absolute atomic E-state index is 0.0941. The van der Waals surface area contributed by atoms with Gasteiger partial charge in [0.25, 0.3) is 12.1 Å². The van der Waals surface area contributed by atoms with Gasteiger partial charge in [-0.05, 0) is 13.8 Å². The molecule has 11 heteroatoms. The van der Waals surface area contributed by atoms with E-state index in [1.165, 1.54) is 0 Å². The third-order valence-corrected chi connectivity index (χ3v) is 3.70. The normalized spacial score (nSPS) is 18.6. The highest BCUT2D eigenvalue weighted by molar-refractivity contribution is 7.99. The van der Waals surface area contributed by atoms with Crippen molar-refractivity contribution in [3.63, 3.8) is 0 Å². The topological polar surface area (TPSA) is 137 Å². The molecule has 0 bridgehead atoms. The molecule has 0 aliphatic carbocycles. The van der Waals surface area contributed by atoms with Crippen molar-refractivity contribution >= 4 is 28.0 Å². The fourth-order valence-corrected chi connectivity index (χ4v) is 2.69. The summed E-state index contributed by atoms with van der Waals surface area (Å²) in [6.07, 6.45) is 1.71. The van der Waals surface area contributed by atoms with Crippen LogP contribution in [0, 0.1) is 0 Å². The average Bonchev–Trinajstić information content (AvgIpc) is 2.61. The van der Waals surface area contributed by atoms with Crippen LogP contribution in [0.5, 0.6) is 0 Å². The van der Waals surface area contributed by atoms with E-state index in [4.69, 9.17) is 27.8 Å². The third kappa shape index (κ3) is 5.63. The molecule has 1 fully saturated rings. The minimum Gasteiger partial charge on any atom is -0.726 e. The lowest BCUT2D eigenvalue weighted by Gasteiger charge is -2.34. The lowest BCUT2D eigenvalue weighted by atomic mass is 10.1. The van der Waals surface area contributed by atoms with E-state index in [1.807, 2.05) is 11.8 Å². The van der Waals surface area contributed by atoms with Crippen molar-refractivity contribution in [1.82, 2.24) is 5.27 Å². The molecule has 9 nitrogen and oxygen atoms in total. The number of nitrogens with two attached hydrogens (primary N) is 1. The van der Waals surface area contributed by atoms with Crippen LogP contribution in [-0.2, 0) is 10.4 Å². The number of hydrogen-bond acceptors (Lipinski definition) is 8. The second-order valence-corrected chi connectivity index (χ2v) is 6.40. The van der Waals surface area contributed by atoms with Gasteiger partial charge in [-0.1, -0.05) is 0 Å². The van der Waals surface area contributed by atoms with Gasteiger partial charge in [0, 0.05) is 11.5 Å². The van der Waals surface area contributed by atoms with Gasteiger partial charge in [0.1, 0.15) is 5.54 Å². The summed E-state index contributed by atoms with van der Waals surface area (Å²) < 4.78 is 37.7. The molecule has 2 rings (SSSR count). The number of nitrogens with zero attached hydrogens (tertiary/aromatic N) is 3. The van der Waals surface area contributed by atoms with E-state index in [-0.39, 0.29) is 5.54 Å². The van der Waals surface area contributed by atoms with E-state index in [9.17, 15) is 0 Å². The van der Waals surface area contributed by atoms with Crippen molar-refractivity contribution in [1.29, 1.82) is 0 Å². The Kier molecular flexibility index (Phi) is 5.01. The maximum absolute atomic E-state index is 8.63. The molecule has 0 unspecified atom stereocenters. The van der Waals surface area contributed by atoms with Gasteiger partial charge in [-0.25, -0.2) is 8.42 Å². The monoisotopic (exact) mass is 312 g/mol. The fourth-order valence-electron chi connectivity index (χ4n) is 1.59. The summed E-state index contributed by atoms with van der Waals surface area (Å²) in [7, 11) is -4.92. The molecule has 3 N–H and O–H groups in total. The maximum atomic E-state index is 8.63. The molecule has 1 saturated heterocycles. The molecule has 0 spiro atoms. The molecular weight excluding hydrogens is 296 g/mol. The highest BCUT2D eigenvalue weighted by Crippen LogP contribution is 2.22. The Hall–Kier alpha value is -1.04. The van der Waals surface area contributed by atoms with Gasteiger partial charge in [-0.2, -0.15) is 11.8 Å². The highest BCUT2D eigenvalue weighted by atomic mass is 32.3. The van der Waals surface area contributed by atoms with Crippen LogP contribution in [0.25, 0.3) is 0 Å². The smallest absolute Gasteiger partial charge is 0.296 e. The molecule has 19 heavy (non-hydrogen) atoms. The molecule has 1 aromatic rings. The third-order valence-electron chi connectivity index (χ3n) is 2.32. The molecule has 1 aromatic heterocycles. The quantitative estimate of drug-likeness (QED) is 0.380. The number of thioether (sulfide) groups is 1. The Bertz CT molecular complexity index is 507. The summed E-state index contributed by atoms with van der Waals surface area (Å²) in [5.74, 6) is 2.55. The SMILES string of the molecule is CC1(C)CSCCN1[n+]1cc(N)on1.O=S(=O)([O-])O. The first kappa shape index (κ1) is 16.0. The molecule has 0 radical (unpaired) electrons. The lowest BCUT2D eigenvalue weighted by Crippen LogP contribution is -2.70. The summed E-state index contributed by atoms with van der Waals surface area (Å²) in [4.78, 5) is 1.70. The van der Waals surface area contributed by atoms with Crippen LogP contribution in [0.1, 0.15) is 13.8 Å². The van der Waals surface area contributed by atoms with Crippen molar-refractivity contribution in [2.45, 2.75) is 19.4 Å². The first-order valence-electron chi connectivity index (χ1n) is 5.28. The molecule has 0 atom stereocenters. The number of anilines is 1. The summed E-state index contributed by atoms with van der Waals surface area (Å²) in [6.45, 7) is 5.35. The summed E-state index contributed by atoms with van der Waals surface area (Å²) in [6, 6.07) is 0. The molecular formula is C8H16N4O5S2. The average molecular weight is 312 g/mol. The first-order valence-corrected chi connectivity index (χ1v) is 7.80. The van der Waals surface area contributed by atoms with Crippen LogP contribution in [-0.4, -0.2) is 46.4 Å². The Morgan fingerprint density at radius 2 is 2.26 bits per heavy atom. The molecule has 0 aromatic carbocycles. The standard InChI is InChI=1S/C8H15N4OS.H2O4S/c1-8(2)6-14-4-3-11(8)12-5-7(9)13-10-12;1-5(2,3)4/h5H,3-4,6,9H2,1-2H3;(H2,1,2,3,4)/q+1;/p-1. The number of hydrogen-bond donors (Lipinski definition) is 2. The molecule has 0 saturated carbocycles. The van der Waals surface area contributed by atoms with Gasteiger partial charge >= 0.3 is 0 Å². The van der Waals surface area contributed by atoms with Crippen LogP contribution in [0.4, 0.5) is 5.88 Å². The zero-order valence-electron chi connectivity index (χ0n) is 10.5. The first-order chi connectivity index (χ1) is 8.59. The van der Waals surface area contributed by atoms with Gasteiger partial charge in [-0.3, -0.25) is 9.08 Å². The van der Waals surface area contributed by atoms with Gasteiger partial charge in [0.05, 0.1) is 11.3 Å². The second kappa shape index (κ2) is 5.94. The van der Waals surface area contributed by atoms with E-state index in [0.717, 1.165) is 18.1 Å². The molecule has 1 aliphatic rings. The summed E-state index contributed by atoms with van der Waals surface area (Å²) >= 11 is 1.96. The second-order valence-electron chi connectivity index (χ2n) is 4.44. The Morgan fingerprint density at radius 1 is 1.68 bits per heavy atom. The van der Waals surface area contributed by atoms with Gasteiger partial charge in [0.15, 0.2) is 0 Å². The summed E-state index contributed by atoms with van der Waals surface area (Å²) in [5.41, 5.74) is 5.59. The van der Waals surface area contributed by atoms with Gasteiger partial charge in [0.2, 0.25) is 15.7 Å². The zero-order valence-corrected chi connectivity index (χ0v) is 12.1. The van der Waals surface area contributed by atoms with E-state index < -0.39 is 10.4 Å². The zero-order chi connectivity index (χ0) is 14.7. The Balaban J connectivity index is 0.000000312. The Morgan fingerprint density at radius 3 is 2.68 bits per heavy atom. The van der Waals surface area contributed by atoms with Gasteiger partial charge in [-0.15, -0.1) is 5.01 Å². The van der Waals surface area contributed by atoms with Gasteiger partial charge < -0.3 is 10.3 Å². The van der Waals surface area contributed by atoms with Crippen molar-refractivity contribution in [3.05, 3.63) is 6.20 Å². The number of rotatable bonds is 1. The molecule has 0 amide bonds. The van der Waals surface area contributed by atoms with Crippen LogP contribution >= 0.6 is 11.8 Å². The van der Waals surface area contributed by atoms with Crippen LogP contribution in [0.2, 0.25) is 0 Å². The highest BCUT2D eigenvalue weighted by Gasteiger charge is 2.38. The number of aromatic nitrogens is 2. The van der Waals surface area contributed by atoms with Crippen molar-refractivity contribution in [2.75, 3.05) is 28.8 Å². The Labute approximate surface area is 115 Å². The largest absolute Gasteiger partial charge is 0.726 e. The molecule has 1 aliphatic heterocycles.